The Morgan fingerprint density at radius 3 is 2.30 bits per heavy atom. The second kappa shape index (κ2) is 8.62. The Morgan fingerprint density at radius 2 is 1.74 bits per heavy atom. The molecule has 3 rings (SSSR count). The molecule has 0 aliphatic carbocycles. The second-order valence-corrected chi connectivity index (χ2v) is 6.44. The predicted octanol–water partition coefficient (Wildman–Crippen LogP) is 2.32. The summed E-state index contributed by atoms with van der Waals surface area (Å²) in [6, 6.07) is 9.78. The molecule has 1 aromatic carbocycles. The van der Waals surface area contributed by atoms with Gasteiger partial charge >= 0.3 is 5.97 Å². The molecule has 7 heteroatoms. The van der Waals surface area contributed by atoms with E-state index >= 15 is 0 Å². The lowest BCUT2D eigenvalue weighted by Gasteiger charge is -2.37. The van der Waals surface area contributed by atoms with Gasteiger partial charge in [-0.3, -0.25) is 4.98 Å². The van der Waals surface area contributed by atoms with E-state index in [1.54, 1.807) is 0 Å². The summed E-state index contributed by atoms with van der Waals surface area (Å²) < 4.78 is 10.5. The summed E-state index contributed by atoms with van der Waals surface area (Å²) in [5, 5.41) is 0. The summed E-state index contributed by atoms with van der Waals surface area (Å²) in [5.41, 5.74) is 8.94. The zero-order valence-corrected chi connectivity index (χ0v) is 15.8. The maximum Gasteiger partial charge on any atom is 0.347 e. The minimum atomic E-state index is -0.646. The van der Waals surface area contributed by atoms with Crippen LogP contribution in [0.25, 0.3) is 0 Å². The van der Waals surface area contributed by atoms with Crippen LogP contribution in [-0.2, 0) is 9.53 Å². The maximum atomic E-state index is 11.7. The number of aromatic nitrogens is 1. The van der Waals surface area contributed by atoms with Gasteiger partial charge in [0.1, 0.15) is 5.75 Å². The van der Waals surface area contributed by atoms with Gasteiger partial charge < -0.3 is 25.0 Å². The normalized spacial score (nSPS) is 15.3. The van der Waals surface area contributed by atoms with Crippen LogP contribution >= 0.6 is 0 Å². The maximum absolute atomic E-state index is 11.7. The molecule has 1 aromatic heterocycles. The van der Waals surface area contributed by atoms with Gasteiger partial charge in [-0.1, -0.05) is 6.92 Å². The largest absolute Gasteiger partial charge is 0.477 e. The molecule has 27 heavy (non-hydrogen) atoms. The van der Waals surface area contributed by atoms with Crippen molar-refractivity contribution in [3.05, 3.63) is 42.7 Å². The number of nitrogens with zero attached hydrogens (tertiary/aromatic N) is 3. The number of hydrogen-bond donors (Lipinski definition) is 1. The number of anilines is 3. The first-order chi connectivity index (χ1) is 13.1. The predicted molar refractivity (Wildman–Crippen MR) is 106 cm³/mol. The van der Waals surface area contributed by atoms with Crippen molar-refractivity contribution in [2.75, 3.05) is 48.8 Å². The number of benzene rings is 1. The number of piperazine rings is 1. The molecule has 2 N–H and O–H groups in total. The van der Waals surface area contributed by atoms with E-state index in [0.29, 0.717) is 17.9 Å². The molecule has 7 nitrogen and oxygen atoms in total. The number of carbonyl (C=O) groups excluding carboxylic acids is 1. The minimum absolute atomic E-state index is 0.395. The molecule has 1 saturated heterocycles. The second-order valence-electron chi connectivity index (χ2n) is 6.44. The van der Waals surface area contributed by atoms with Crippen LogP contribution in [0.4, 0.5) is 17.1 Å². The monoisotopic (exact) mass is 370 g/mol. The molecule has 144 valence electrons. The average molecular weight is 370 g/mol. The Kier molecular flexibility index (Phi) is 6.01. The zero-order chi connectivity index (χ0) is 19.2. The van der Waals surface area contributed by atoms with Crippen LogP contribution in [0.3, 0.4) is 0 Å². The fraction of sp³-hybridized carbons (Fsp3) is 0.400. The van der Waals surface area contributed by atoms with E-state index in [9.17, 15) is 4.79 Å². The van der Waals surface area contributed by atoms with Crippen LogP contribution in [0.5, 0.6) is 5.75 Å². The first-order valence-electron chi connectivity index (χ1n) is 9.16. The van der Waals surface area contributed by atoms with Crippen molar-refractivity contribution in [2.45, 2.75) is 19.4 Å². The standard InChI is InChI=1S/C20H26N4O3/c1-3-18(20(25)26-2)27-19-5-4-16(14-17(19)21)24-12-10-23(11-13-24)15-6-8-22-9-7-15/h4-9,14,18H,3,10-13,21H2,1-2H3. The van der Waals surface area contributed by atoms with Gasteiger partial charge in [-0.25, -0.2) is 4.79 Å². The molecular formula is C20H26N4O3. The number of ether oxygens (including phenoxy) is 2. The first-order valence-corrected chi connectivity index (χ1v) is 9.16. The lowest BCUT2D eigenvalue weighted by atomic mass is 10.2. The molecule has 0 bridgehead atoms. The number of rotatable bonds is 6. The van der Waals surface area contributed by atoms with E-state index < -0.39 is 12.1 Å². The number of nitrogen functional groups attached to an aromatic ring is 1. The van der Waals surface area contributed by atoms with Gasteiger partial charge in [0, 0.05) is 49.9 Å². The molecule has 1 aliphatic heterocycles. The van der Waals surface area contributed by atoms with Gasteiger partial charge in [-0.05, 0) is 36.8 Å². The van der Waals surface area contributed by atoms with E-state index in [1.807, 2.05) is 49.6 Å². The lowest BCUT2D eigenvalue weighted by Crippen LogP contribution is -2.46. The highest BCUT2D eigenvalue weighted by Crippen LogP contribution is 2.29. The molecule has 0 amide bonds. The SMILES string of the molecule is CCC(Oc1ccc(N2CCN(c3ccncc3)CC2)cc1N)C(=O)OC. The number of pyridine rings is 1. The summed E-state index contributed by atoms with van der Waals surface area (Å²) >= 11 is 0. The van der Waals surface area contributed by atoms with Gasteiger partial charge in [0.15, 0.2) is 6.10 Å². The van der Waals surface area contributed by atoms with Crippen molar-refractivity contribution in [3.8, 4) is 5.75 Å². The van der Waals surface area contributed by atoms with Crippen molar-refractivity contribution in [3.63, 3.8) is 0 Å². The van der Waals surface area contributed by atoms with E-state index in [0.717, 1.165) is 31.9 Å². The lowest BCUT2D eigenvalue weighted by molar-refractivity contribution is -0.148. The molecule has 1 fully saturated rings. The highest BCUT2D eigenvalue weighted by atomic mass is 16.6. The summed E-state index contributed by atoms with van der Waals surface area (Å²) in [6.45, 7) is 5.54. The number of nitrogens with two attached hydrogens (primary N) is 1. The number of esters is 1. The third-order valence-corrected chi connectivity index (χ3v) is 4.77. The summed E-state index contributed by atoms with van der Waals surface area (Å²) in [4.78, 5) is 20.4. The molecular weight excluding hydrogens is 344 g/mol. The molecule has 2 aromatic rings. The summed E-state index contributed by atoms with van der Waals surface area (Å²) in [7, 11) is 1.35. The van der Waals surface area contributed by atoms with Crippen LogP contribution in [0.1, 0.15) is 13.3 Å². The Bertz CT molecular complexity index is 761. The van der Waals surface area contributed by atoms with Crippen molar-refractivity contribution in [1.82, 2.24) is 4.98 Å². The van der Waals surface area contributed by atoms with Gasteiger partial charge in [0.05, 0.1) is 12.8 Å². The number of hydrogen-bond acceptors (Lipinski definition) is 7. The molecule has 0 radical (unpaired) electrons. The third-order valence-electron chi connectivity index (χ3n) is 4.77. The molecule has 0 spiro atoms. The Labute approximate surface area is 159 Å². The fourth-order valence-corrected chi connectivity index (χ4v) is 3.20. The highest BCUT2D eigenvalue weighted by Gasteiger charge is 2.21. The molecule has 1 unspecified atom stereocenters. The third kappa shape index (κ3) is 4.42. The Hall–Kier alpha value is -2.96. The zero-order valence-electron chi connectivity index (χ0n) is 15.8. The van der Waals surface area contributed by atoms with Crippen molar-refractivity contribution < 1.29 is 14.3 Å². The van der Waals surface area contributed by atoms with Gasteiger partial charge in [-0.2, -0.15) is 0 Å². The highest BCUT2D eigenvalue weighted by molar-refractivity contribution is 5.75. The van der Waals surface area contributed by atoms with E-state index in [1.165, 1.54) is 12.8 Å². The van der Waals surface area contributed by atoms with Crippen LogP contribution in [0.2, 0.25) is 0 Å². The molecule has 0 saturated carbocycles. The van der Waals surface area contributed by atoms with Crippen LogP contribution in [0.15, 0.2) is 42.7 Å². The van der Waals surface area contributed by atoms with Gasteiger partial charge in [0.2, 0.25) is 0 Å². The Balaban J connectivity index is 1.63. The molecule has 1 aliphatic rings. The topological polar surface area (TPSA) is 80.9 Å². The van der Waals surface area contributed by atoms with Crippen LogP contribution < -0.4 is 20.3 Å². The summed E-state index contributed by atoms with van der Waals surface area (Å²) in [5.74, 6) is 0.111. The average Bonchev–Trinajstić information content (AvgIpc) is 2.73. The van der Waals surface area contributed by atoms with Crippen molar-refractivity contribution >= 4 is 23.0 Å². The number of methoxy groups -OCH3 is 1. The van der Waals surface area contributed by atoms with Crippen LogP contribution in [0, 0.1) is 0 Å². The minimum Gasteiger partial charge on any atom is -0.477 e. The van der Waals surface area contributed by atoms with Crippen molar-refractivity contribution in [2.24, 2.45) is 0 Å². The molecule has 1 atom stereocenters. The fourth-order valence-electron chi connectivity index (χ4n) is 3.20. The first kappa shape index (κ1) is 18.8. The quantitative estimate of drug-likeness (QED) is 0.617. The van der Waals surface area contributed by atoms with E-state index in [2.05, 4.69) is 14.8 Å². The molecule has 2 heterocycles. The van der Waals surface area contributed by atoms with Gasteiger partial charge in [-0.15, -0.1) is 0 Å². The Morgan fingerprint density at radius 1 is 1.11 bits per heavy atom. The van der Waals surface area contributed by atoms with Crippen LogP contribution in [-0.4, -0.2) is 50.3 Å². The smallest absolute Gasteiger partial charge is 0.347 e. The number of carbonyl (C=O) groups is 1. The summed E-state index contributed by atoms with van der Waals surface area (Å²) in [6.07, 6.45) is 3.51. The van der Waals surface area contributed by atoms with E-state index in [4.69, 9.17) is 15.2 Å². The van der Waals surface area contributed by atoms with E-state index in [-0.39, 0.29) is 0 Å². The van der Waals surface area contributed by atoms with Crippen molar-refractivity contribution in [1.29, 1.82) is 0 Å². The van der Waals surface area contributed by atoms with Gasteiger partial charge in [0.25, 0.3) is 0 Å².